The van der Waals surface area contributed by atoms with Gasteiger partial charge in [-0.2, -0.15) is 0 Å². The Morgan fingerprint density at radius 1 is 1.36 bits per heavy atom. The average Bonchev–Trinajstić information content (AvgIpc) is 3.13. The Hall–Kier alpha value is -1.83. The standard InChI is InChI=1S/C18H15N3O3S/c22-7-3-8-18-4-9(25-8)20-13-11(18)15-10-6(5-19-12(10)16(13)23)1-2-21(15)14(7)17(18)24/h3,5,9,14-15,17,19-20,24H,1-2,4H2/t9-,14+,15?,17-,18+/m0/s1. The maximum atomic E-state index is 13.2. The number of aromatic nitrogens is 1. The van der Waals surface area contributed by atoms with E-state index in [0.29, 0.717) is 11.4 Å². The molecule has 3 N–H and O–H groups in total. The van der Waals surface area contributed by atoms with E-state index in [-0.39, 0.29) is 23.0 Å². The van der Waals surface area contributed by atoms with Gasteiger partial charge in [-0.3, -0.25) is 14.5 Å². The maximum Gasteiger partial charge on any atom is 0.225 e. The fraction of sp³-hybridized carbons (Fsp3) is 0.444. The van der Waals surface area contributed by atoms with Gasteiger partial charge in [-0.1, -0.05) is 0 Å². The average molecular weight is 353 g/mol. The molecule has 6 nitrogen and oxygen atoms in total. The normalized spacial score (nSPS) is 42.5. The van der Waals surface area contributed by atoms with Crippen molar-refractivity contribution in [2.75, 3.05) is 6.54 Å². The highest BCUT2D eigenvalue weighted by molar-refractivity contribution is 8.04. The summed E-state index contributed by atoms with van der Waals surface area (Å²) in [6.07, 6.45) is 4.46. The third-order valence-electron chi connectivity index (χ3n) is 6.98. The van der Waals surface area contributed by atoms with E-state index in [4.69, 9.17) is 0 Å². The van der Waals surface area contributed by atoms with Gasteiger partial charge >= 0.3 is 0 Å². The molecule has 25 heavy (non-hydrogen) atoms. The summed E-state index contributed by atoms with van der Waals surface area (Å²) >= 11 is 1.61. The van der Waals surface area contributed by atoms with Crippen molar-refractivity contribution in [3.63, 3.8) is 0 Å². The number of carbonyl (C=O) groups excluding carboxylic acids is 2. The molecule has 1 aromatic rings. The maximum absolute atomic E-state index is 13.2. The molecule has 126 valence electrons. The second-order valence-corrected chi connectivity index (χ2v) is 9.08. The first-order valence-electron chi connectivity index (χ1n) is 8.74. The second kappa shape index (κ2) is 3.79. The van der Waals surface area contributed by atoms with E-state index in [1.807, 2.05) is 6.20 Å². The summed E-state index contributed by atoms with van der Waals surface area (Å²) < 4.78 is 0. The number of piperidine rings is 1. The van der Waals surface area contributed by atoms with Crippen molar-refractivity contribution in [1.29, 1.82) is 0 Å². The minimum Gasteiger partial charge on any atom is -0.390 e. The minimum absolute atomic E-state index is 0.00262. The number of hydrogen-bond donors (Lipinski definition) is 3. The SMILES string of the molecule is O=C1C2=C3C4c5c(c[nH]c51)CCN4[C@@H]1C(=O)C=C4S[C@@H](C[C@@]43[C@H]1O)N2. The number of H-pyrrole nitrogens is 1. The Kier molecular flexibility index (Phi) is 2.03. The van der Waals surface area contributed by atoms with Crippen molar-refractivity contribution in [2.45, 2.75) is 36.4 Å². The summed E-state index contributed by atoms with van der Waals surface area (Å²) in [6.45, 7) is 0.725. The predicted octanol–water partition coefficient (Wildman–Crippen LogP) is 0.627. The van der Waals surface area contributed by atoms with E-state index < -0.39 is 17.6 Å². The molecule has 0 aromatic carbocycles. The van der Waals surface area contributed by atoms with Crippen molar-refractivity contribution in [1.82, 2.24) is 15.2 Å². The summed E-state index contributed by atoms with van der Waals surface area (Å²) in [5.41, 5.74) is 3.97. The van der Waals surface area contributed by atoms with Crippen LogP contribution in [0.1, 0.15) is 34.1 Å². The van der Waals surface area contributed by atoms with Gasteiger partial charge in [-0.05, 0) is 30.1 Å². The Labute approximate surface area is 147 Å². The Balaban J connectivity index is 1.65. The van der Waals surface area contributed by atoms with Crippen molar-refractivity contribution < 1.29 is 14.7 Å². The number of Topliss-reactive ketones (excluding diaryl/α,β-unsaturated/α-hetero) is 1. The van der Waals surface area contributed by atoms with Crippen LogP contribution in [0.25, 0.3) is 0 Å². The lowest BCUT2D eigenvalue weighted by Gasteiger charge is -2.59. The van der Waals surface area contributed by atoms with Gasteiger partial charge in [0.05, 0.1) is 34.3 Å². The van der Waals surface area contributed by atoms with E-state index in [1.54, 1.807) is 17.8 Å². The number of nitrogens with zero attached hydrogens (tertiary/aromatic N) is 1. The van der Waals surface area contributed by atoms with Gasteiger partial charge in [0.25, 0.3) is 0 Å². The molecule has 6 aliphatic rings. The van der Waals surface area contributed by atoms with Crippen LogP contribution in [0.3, 0.4) is 0 Å². The van der Waals surface area contributed by atoms with Crippen LogP contribution < -0.4 is 5.32 Å². The van der Waals surface area contributed by atoms with Gasteiger partial charge in [0.15, 0.2) is 5.78 Å². The van der Waals surface area contributed by atoms with E-state index in [1.165, 1.54) is 5.56 Å². The summed E-state index contributed by atoms with van der Waals surface area (Å²) in [5, 5.41) is 14.8. The molecule has 3 bridgehead atoms. The van der Waals surface area contributed by atoms with E-state index in [0.717, 1.165) is 35.4 Å². The first-order chi connectivity index (χ1) is 12.1. The number of aromatic amines is 1. The quantitative estimate of drug-likeness (QED) is 0.634. The minimum atomic E-state index is -0.768. The van der Waals surface area contributed by atoms with Crippen LogP contribution in [0.15, 0.2) is 28.4 Å². The molecule has 2 saturated heterocycles. The zero-order valence-electron chi connectivity index (χ0n) is 13.2. The molecule has 2 aliphatic carbocycles. The molecule has 7 heteroatoms. The zero-order valence-corrected chi connectivity index (χ0v) is 14.0. The van der Waals surface area contributed by atoms with Crippen LogP contribution >= 0.6 is 11.8 Å². The van der Waals surface area contributed by atoms with Gasteiger partial charge < -0.3 is 15.4 Å². The number of rotatable bonds is 0. The highest BCUT2D eigenvalue weighted by atomic mass is 32.2. The van der Waals surface area contributed by atoms with Crippen LogP contribution in [-0.4, -0.2) is 50.6 Å². The van der Waals surface area contributed by atoms with E-state index in [9.17, 15) is 14.7 Å². The van der Waals surface area contributed by atoms with Crippen LogP contribution in [0, 0.1) is 5.41 Å². The molecule has 0 amide bonds. The number of fused-ring (bicyclic) bond motifs is 3. The molecule has 5 heterocycles. The number of thioether (sulfide) groups is 1. The third kappa shape index (κ3) is 1.19. The molecule has 5 atom stereocenters. The molecule has 1 spiro atoms. The smallest absolute Gasteiger partial charge is 0.225 e. The Bertz CT molecular complexity index is 992. The van der Waals surface area contributed by atoms with Gasteiger partial charge in [-0.15, -0.1) is 11.8 Å². The summed E-state index contributed by atoms with van der Waals surface area (Å²) in [5.74, 6) is 0.00837. The van der Waals surface area contributed by atoms with E-state index >= 15 is 0 Å². The predicted molar refractivity (Wildman–Crippen MR) is 89.7 cm³/mol. The summed E-state index contributed by atoms with van der Waals surface area (Å²) in [7, 11) is 0. The number of aliphatic hydroxyl groups excluding tert-OH is 1. The summed E-state index contributed by atoms with van der Waals surface area (Å²) in [4.78, 5) is 32.3. The van der Waals surface area contributed by atoms with Crippen molar-refractivity contribution in [3.05, 3.63) is 45.3 Å². The highest BCUT2D eigenvalue weighted by Gasteiger charge is 2.68. The fourth-order valence-electron chi connectivity index (χ4n) is 6.08. The first-order valence-corrected chi connectivity index (χ1v) is 9.62. The molecule has 0 saturated carbocycles. The van der Waals surface area contributed by atoms with Crippen molar-refractivity contribution in [2.24, 2.45) is 5.41 Å². The van der Waals surface area contributed by atoms with Gasteiger partial charge in [0.1, 0.15) is 6.04 Å². The van der Waals surface area contributed by atoms with Gasteiger partial charge in [0.2, 0.25) is 5.78 Å². The lowest BCUT2D eigenvalue weighted by atomic mass is 9.56. The van der Waals surface area contributed by atoms with Crippen molar-refractivity contribution in [3.8, 4) is 0 Å². The van der Waals surface area contributed by atoms with Crippen LogP contribution in [-0.2, 0) is 11.2 Å². The molecular formula is C18H15N3O3S. The molecule has 1 aromatic heterocycles. The van der Waals surface area contributed by atoms with Gasteiger partial charge in [0, 0.05) is 23.2 Å². The van der Waals surface area contributed by atoms with Crippen LogP contribution in [0.5, 0.6) is 0 Å². The first kappa shape index (κ1) is 13.4. The van der Waals surface area contributed by atoms with E-state index in [2.05, 4.69) is 15.2 Å². The number of aliphatic hydroxyl groups is 1. The number of hydrogen-bond acceptors (Lipinski definition) is 6. The molecule has 1 unspecified atom stereocenters. The molecular weight excluding hydrogens is 338 g/mol. The lowest BCUT2D eigenvalue weighted by Crippen LogP contribution is -2.67. The molecule has 4 aliphatic heterocycles. The summed E-state index contributed by atoms with van der Waals surface area (Å²) in [6, 6.07) is -0.578. The molecule has 2 fully saturated rings. The van der Waals surface area contributed by atoms with Gasteiger partial charge in [-0.25, -0.2) is 0 Å². The Morgan fingerprint density at radius 3 is 3.12 bits per heavy atom. The lowest BCUT2D eigenvalue weighted by molar-refractivity contribution is -0.136. The fourth-order valence-corrected chi connectivity index (χ4v) is 7.62. The second-order valence-electron chi connectivity index (χ2n) is 7.84. The number of allylic oxidation sites excluding steroid dienone is 1. The number of carbonyl (C=O) groups is 2. The Morgan fingerprint density at radius 2 is 2.24 bits per heavy atom. The van der Waals surface area contributed by atoms with Crippen molar-refractivity contribution >= 4 is 23.3 Å². The molecule has 0 radical (unpaired) electrons. The topological polar surface area (TPSA) is 85.4 Å². The largest absolute Gasteiger partial charge is 0.390 e. The van der Waals surface area contributed by atoms with Crippen LogP contribution in [0.4, 0.5) is 0 Å². The monoisotopic (exact) mass is 353 g/mol. The molecule has 7 rings (SSSR count). The number of nitrogens with one attached hydrogen (secondary N) is 2. The highest BCUT2D eigenvalue weighted by Crippen LogP contribution is 2.68. The zero-order chi connectivity index (χ0) is 16.7. The van der Waals surface area contributed by atoms with Crippen LogP contribution in [0.2, 0.25) is 0 Å². The third-order valence-corrected chi connectivity index (χ3v) is 8.28. The number of ketones is 2.